The Morgan fingerprint density at radius 2 is 2.03 bits per heavy atom. The number of fused-ring (bicyclic) bond motifs is 1. The number of hydrogen-bond acceptors (Lipinski definition) is 7. The number of nitrogens with zero attached hydrogens (tertiary/aromatic N) is 1. The normalized spacial score (nSPS) is 25.4. The summed E-state index contributed by atoms with van der Waals surface area (Å²) in [5.74, 6) is 0.479. The van der Waals surface area contributed by atoms with E-state index in [9.17, 15) is 14.2 Å². The van der Waals surface area contributed by atoms with Crippen LogP contribution in [0.1, 0.15) is 30.2 Å². The second-order valence-corrected chi connectivity index (χ2v) is 8.08. The van der Waals surface area contributed by atoms with Crippen LogP contribution in [0.2, 0.25) is 6.82 Å². The Balaban J connectivity index is 0.00000117. The molecular weight excluding hydrogens is 398 g/mol. The first-order valence-corrected chi connectivity index (χ1v) is 10.6. The minimum Gasteiger partial charge on any atom is -0.404 e. The van der Waals surface area contributed by atoms with Gasteiger partial charge in [0.25, 0.3) is 5.56 Å². The quantitative estimate of drug-likeness (QED) is 0.598. The van der Waals surface area contributed by atoms with Crippen LogP contribution in [-0.2, 0) is 25.0 Å². The van der Waals surface area contributed by atoms with Gasteiger partial charge in [0, 0.05) is 17.3 Å². The van der Waals surface area contributed by atoms with E-state index in [2.05, 4.69) is 12.8 Å². The molecule has 0 bridgehead atoms. The number of phosphoric acid groups is 1. The lowest BCUT2D eigenvalue weighted by Gasteiger charge is -2.25. The van der Waals surface area contributed by atoms with Gasteiger partial charge in [0.05, 0.1) is 27.2 Å². The fourth-order valence-electron chi connectivity index (χ4n) is 3.06. The van der Waals surface area contributed by atoms with Gasteiger partial charge in [0.1, 0.15) is 12.0 Å². The standard InChI is InChI=1S/C17H19N2O7P.CH3B/c1-11-8-19(17(21)18-16(11)20)15-7-6-13(25-15)10-24-27(22)23-9-12-4-2-3-5-14(12)26-27;1-2/h2-5,8,13,15H,6-7,9-10H2,1H3,(H,18,20,21);1H3. The maximum atomic E-state index is 12.6. The van der Waals surface area contributed by atoms with Gasteiger partial charge in [-0.15, -0.1) is 0 Å². The van der Waals surface area contributed by atoms with E-state index >= 15 is 0 Å². The van der Waals surface area contributed by atoms with Crippen molar-refractivity contribution >= 4 is 15.7 Å². The summed E-state index contributed by atoms with van der Waals surface area (Å²) in [7, 11) is 0.790. The summed E-state index contributed by atoms with van der Waals surface area (Å²) in [5.41, 5.74) is 0.280. The molecule has 3 atom stereocenters. The Kier molecular flexibility index (Phi) is 6.79. The molecule has 2 radical (unpaired) electrons. The highest BCUT2D eigenvalue weighted by Crippen LogP contribution is 2.54. The number of para-hydroxylation sites is 1. The zero-order chi connectivity index (χ0) is 21.0. The molecule has 0 saturated carbocycles. The summed E-state index contributed by atoms with van der Waals surface area (Å²) in [6.45, 7) is 3.27. The zero-order valence-electron chi connectivity index (χ0n) is 16.2. The molecule has 1 fully saturated rings. The summed E-state index contributed by atoms with van der Waals surface area (Å²) < 4.78 is 35.9. The van der Waals surface area contributed by atoms with Gasteiger partial charge in [0.15, 0.2) is 0 Å². The Morgan fingerprint density at radius 3 is 2.83 bits per heavy atom. The zero-order valence-corrected chi connectivity index (χ0v) is 17.1. The molecule has 11 heteroatoms. The van der Waals surface area contributed by atoms with E-state index in [1.54, 1.807) is 19.1 Å². The topological polar surface area (TPSA) is 109 Å². The van der Waals surface area contributed by atoms with Crippen molar-refractivity contribution in [1.82, 2.24) is 9.55 Å². The number of rotatable bonds is 4. The summed E-state index contributed by atoms with van der Waals surface area (Å²) in [5, 5.41) is 0. The van der Waals surface area contributed by atoms with Gasteiger partial charge in [-0.25, -0.2) is 9.36 Å². The SMILES string of the molecule is Cc1cn(C2CCC(COP3(=O)OCc4ccccc4O3)O2)c(=O)[nH]c1=O.[B]C. The van der Waals surface area contributed by atoms with Gasteiger partial charge >= 0.3 is 13.5 Å². The molecule has 2 aliphatic rings. The van der Waals surface area contributed by atoms with Gasteiger partial charge in [-0.2, -0.15) is 0 Å². The molecule has 1 aromatic heterocycles. The lowest BCUT2D eigenvalue weighted by Crippen LogP contribution is -2.33. The lowest BCUT2D eigenvalue weighted by molar-refractivity contribution is -0.0265. The first kappa shape index (κ1) is 21.6. The number of aromatic amines is 1. The minimum absolute atomic E-state index is 0.00697. The highest BCUT2D eigenvalue weighted by molar-refractivity contribution is 7.49. The number of H-pyrrole nitrogens is 1. The summed E-state index contributed by atoms with van der Waals surface area (Å²) in [6.07, 6.45) is 1.75. The molecule has 1 saturated heterocycles. The van der Waals surface area contributed by atoms with E-state index in [0.29, 0.717) is 24.2 Å². The van der Waals surface area contributed by atoms with Gasteiger partial charge in [-0.05, 0) is 25.8 Å². The molecule has 4 rings (SSSR count). The highest BCUT2D eigenvalue weighted by Gasteiger charge is 2.36. The maximum Gasteiger partial charge on any atom is 0.530 e. The molecule has 0 aliphatic carbocycles. The van der Waals surface area contributed by atoms with Crippen LogP contribution in [0.15, 0.2) is 40.1 Å². The average Bonchev–Trinajstić information content (AvgIpc) is 3.19. The lowest BCUT2D eigenvalue weighted by atomic mass is 10.2. The molecule has 2 aromatic rings. The van der Waals surface area contributed by atoms with E-state index in [0.717, 1.165) is 5.56 Å². The number of aromatic nitrogens is 2. The van der Waals surface area contributed by atoms with E-state index in [1.165, 1.54) is 17.6 Å². The molecule has 2 aliphatic heterocycles. The number of hydrogen-bond donors (Lipinski definition) is 1. The number of phosphoric ester groups is 1. The second-order valence-electron chi connectivity index (χ2n) is 6.48. The molecule has 3 heterocycles. The van der Waals surface area contributed by atoms with Gasteiger partial charge in [-0.3, -0.25) is 23.4 Å². The number of nitrogens with one attached hydrogen (secondary N) is 1. The van der Waals surface area contributed by atoms with Crippen molar-refractivity contribution in [2.45, 2.75) is 45.5 Å². The monoisotopic (exact) mass is 420 g/mol. The third-order valence-electron chi connectivity index (χ3n) is 4.52. The summed E-state index contributed by atoms with van der Waals surface area (Å²) in [4.78, 5) is 25.7. The Bertz CT molecular complexity index is 1020. The van der Waals surface area contributed by atoms with Crippen molar-refractivity contribution < 1.29 is 22.9 Å². The Hall–Kier alpha value is -2.13. The van der Waals surface area contributed by atoms with Crippen LogP contribution in [0.5, 0.6) is 5.75 Å². The number of ether oxygens (including phenoxy) is 1. The molecule has 1 N–H and O–H groups in total. The van der Waals surface area contributed by atoms with Gasteiger partial charge < -0.3 is 9.26 Å². The highest BCUT2D eigenvalue weighted by atomic mass is 31.2. The van der Waals surface area contributed by atoms with Crippen LogP contribution in [0.4, 0.5) is 0 Å². The molecule has 0 spiro atoms. The fraction of sp³-hybridized carbons (Fsp3) is 0.444. The first-order chi connectivity index (χ1) is 13.9. The van der Waals surface area contributed by atoms with Crippen LogP contribution in [0.25, 0.3) is 0 Å². The summed E-state index contributed by atoms with van der Waals surface area (Å²) in [6, 6.07) is 7.16. The van der Waals surface area contributed by atoms with E-state index in [1.807, 2.05) is 12.1 Å². The fourth-order valence-corrected chi connectivity index (χ4v) is 4.30. The molecule has 3 unspecified atom stereocenters. The molecule has 154 valence electrons. The second kappa shape index (κ2) is 9.13. The van der Waals surface area contributed by atoms with E-state index in [4.69, 9.17) is 18.3 Å². The molecule has 9 nitrogen and oxygen atoms in total. The van der Waals surface area contributed by atoms with Crippen LogP contribution >= 0.6 is 7.82 Å². The Labute approximate surface area is 169 Å². The minimum atomic E-state index is -3.71. The van der Waals surface area contributed by atoms with Crippen molar-refractivity contribution in [3.8, 4) is 5.75 Å². The summed E-state index contributed by atoms with van der Waals surface area (Å²) >= 11 is 0. The number of benzene rings is 1. The third kappa shape index (κ3) is 4.90. The maximum absolute atomic E-state index is 12.6. The first-order valence-electron chi connectivity index (χ1n) is 9.15. The van der Waals surface area contributed by atoms with Gasteiger partial charge in [0.2, 0.25) is 0 Å². The van der Waals surface area contributed by atoms with Crippen LogP contribution in [-0.4, -0.2) is 30.1 Å². The van der Waals surface area contributed by atoms with Crippen LogP contribution in [0.3, 0.4) is 0 Å². The van der Waals surface area contributed by atoms with Crippen molar-refractivity contribution in [2.75, 3.05) is 6.61 Å². The van der Waals surface area contributed by atoms with Crippen molar-refractivity contribution in [2.24, 2.45) is 0 Å². The molecular formula is C18H22BN2O7P. The molecule has 29 heavy (non-hydrogen) atoms. The van der Waals surface area contributed by atoms with E-state index in [-0.39, 0.29) is 19.3 Å². The van der Waals surface area contributed by atoms with Crippen LogP contribution in [0, 0.1) is 6.92 Å². The van der Waals surface area contributed by atoms with Gasteiger partial charge in [-0.1, -0.05) is 25.0 Å². The van der Waals surface area contributed by atoms with E-state index < -0.39 is 25.3 Å². The predicted molar refractivity (Wildman–Crippen MR) is 106 cm³/mol. The smallest absolute Gasteiger partial charge is 0.404 e. The number of aryl methyl sites for hydroxylation is 1. The average molecular weight is 420 g/mol. The van der Waals surface area contributed by atoms with Crippen molar-refractivity contribution in [3.63, 3.8) is 0 Å². The molecule has 1 aromatic carbocycles. The van der Waals surface area contributed by atoms with Crippen molar-refractivity contribution in [3.05, 3.63) is 62.4 Å². The Morgan fingerprint density at radius 1 is 1.28 bits per heavy atom. The predicted octanol–water partition coefficient (Wildman–Crippen LogP) is 2.46. The molecule has 0 amide bonds. The van der Waals surface area contributed by atoms with Crippen molar-refractivity contribution in [1.29, 1.82) is 0 Å². The largest absolute Gasteiger partial charge is 0.530 e. The third-order valence-corrected chi connectivity index (χ3v) is 5.85. The van der Waals surface area contributed by atoms with Crippen LogP contribution < -0.4 is 15.8 Å².